The molecule has 0 aliphatic rings. The Morgan fingerprint density at radius 1 is 0.617 bits per heavy atom. The van der Waals surface area contributed by atoms with E-state index in [9.17, 15) is 60.0 Å². The minimum absolute atomic E-state index is 0.0334. The Kier molecular flexibility index (Phi) is 27.2. The molecule has 566 valence electrons. The third kappa shape index (κ3) is 20.6. The smallest absolute Gasteiger partial charge is 0.363 e. The van der Waals surface area contributed by atoms with E-state index >= 15 is 0 Å². The Labute approximate surface area is 610 Å². The highest BCUT2D eigenvalue weighted by Crippen LogP contribution is 2.41. The number of carbonyl (C=O) groups is 3. The first-order valence-corrected chi connectivity index (χ1v) is 34.2. The lowest BCUT2D eigenvalue weighted by Gasteiger charge is -2.23. The second-order valence-electron chi connectivity index (χ2n) is 24.1. The molecule has 0 saturated carbocycles. The fourth-order valence-electron chi connectivity index (χ4n) is 11.5. The van der Waals surface area contributed by atoms with Crippen LogP contribution >= 0.6 is 0 Å². The van der Waals surface area contributed by atoms with Gasteiger partial charge in [-0.2, -0.15) is 9.97 Å². The van der Waals surface area contributed by atoms with Crippen LogP contribution in [0.2, 0.25) is 0 Å². The molecule has 38 heteroatoms. The van der Waals surface area contributed by atoms with Gasteiger partial charge in [-0.05, 0) is 70.5 Å². The summed E-state index contributed by atoms with van der Waals surface area (Å²) in [5.41, 5.74) is 10.9. The molecule has 107 heavy (non-hydrogen) atoms. The fraction of sp³-hybridized carbons (Fsp3) is 0.391. The number of hydrogen-bond acceptors (Lipinski definition) is 24. The Balaban J connectivity index is 0.825. The molecule has 6 heterocycles. The van der Waals surface area contributed by atoms with E-state index in [0.29, 0.717) is 16.7 Å². The normalized spacial score (nSPS) is 12.4. The number of nitrogens with two attached hydrogens (primary N) is 1. The van der Waals surface area contributed by atoms with Crippen molar-refractivity contribution in [2.75, 3.05) is 140 Å². The van der Waals surface area contributed by atoms with Crippen LogP contribution in [-0.2, 0) is 43.5 Å². The minimum Gasteiger partial charge on any atom is -0.495 e. The van der Waals surface area contributed by atoms with Gasteiger partial charge >= 0.3 is 16.9 Å². The molecule has 3 aromatic carbocycles. The van der Waals surface area contributed by atoms with E-state index in [2.05, 4.69) is 134 Å². The number of aryl methyl sites for hydroxylation is 1. The molecule has 0 aliphatic heterocycles. The highest BCUT2D eigenvalue weighted by atomic mass is 16.5. The average Bonchev–Trinajstić information content (AvgIpc) is 1.23. The number of ether oxygens (including phenoxy) is 2. The van der Waals surface area contributed by atoms with Crippen molar-refractivity contribution in [3.63, 3.8) is 0 Å². The predicted molar refractivity (Wildman–Crippen MR) is 400 cm³/mol. The van der Waals surface area contributed by atoms with Gasteiger partial charge in [0.05, 0.1) is 101 Å². The van der Waals surface area contributed by atoms with Crippen molar-refractivity contribution in [1.82, 2.24) is 63.3 Å². The van der Waals surface area contributed by atoms with Crippen LogP contribution in [0.15, 0.2) is 120 Å². The van der Waals surface area contributed by atoms with Crippen LogP contribution in [-0.4, -0.2) is 282 Å². The predicted octanol–water partition coefficient (Wildman–Crippen LogP) is 4.06. The van der Waals surface area contributed by atoms with Crippen molar-refractivity contribution in [3.05, 3.63) is 113 Å². The zero-order valence-electron chi connectivity index (χ0n) is 59.6. The monoisotopic (exact) mass is 1480 g/mol. The number of nitrogens with zero attached hydrogens (tertiary/aromatic N) is 19. The van der Waals surface area contributed by atoms with E-state index in [1.165, 1.54) is 46.1 Å². The lowest BCUT2D eigenvalue weighted by molar-refractivity contribution is -0.131. The summed E-state index contributed by atoms with van der Waals surface area (Å²) in [7, 11) is 0. The van der Waals surface area contributed by atoms with Crippen molar-refractivity contribution < 1.29 is 69.1 Å². The number of aromatic nitrogens is 10. The average molecular weight is 1480 g/mol. The molecule has 6 aromatic heterocycles. The number of imidazole rings is 2. The topological polar surface area (TPSA) is 520 Å². The number of fused-ring (bicyclic) bond motifs is 4. The summed E-state index contributed by atoms with van der Waals surface area (Å²) in [5, 5.41) is 102. The van der Waals surface area contributed by atoms with Gasteiger partial charge in [-0.25, -0.2) is 39.1 Å². The van der Waals surface area contributed by atoms with Crippen LogP contribution in [0, 0.1) is 17.7 Å². The van der Waals surface area contributed by atoms with E-state index in [1.54, 1.807) is 0 Å². The van der Waals surface area contributed by atoms with Gasteiger partial charge in [0.1, 0.15) is 50.3 Å². The number of rotatable bonds is 39. The third-order valence-corrected chi connectivity index (χ3v) is 16.9. The molecule has 0 radical (unpaired) electrons. The van der Waals surface area contributed by atoms with Crippen LogP contribution in [0.3, 0.4) is 0 Å². The molecule has 9 rings (SSSR count). The van der Waals surface area contributed by atoms with Crippen LogP contribution < -0.4 is 26.8 Å². The van der Waals surface area contributed by atoms with Crippen molar-refractivity contribution in [3.8, 4) is 22.9 Å². The van der Waals surface area contributed by atoms with Gasteiger partial charge in [-0.15, -0.1) is 0 Å². The molecule has 0 unspecified atom stereocenters. The van der Waals surface area contributed by atoms with Gasteiger partial charge in [0.2, 0.25) is 64.6 Å². The summed E-state index contributed by atoms with van der Waals surface area (Å²) in [6, 6.07) is 20.0. The lowest BCUT2D eigenvalue weighted by Crippen LogP contribution is -2.42. The number of benzene rings is 3. The first-order chi connectivity index (χ1) is 51.5. The van der Waals surface area contributed by atoms with Crippen molar-refractivity contribution in [1.29, 1.82) is 10.8 Å². The minimum atomic E-state index is -0.980. The zero-order valence-corrected chi connectivity index (χ0v) is 59.6. The van der Waals surface area contributed by atoms with Gasteiger partial charge in [0, 0.05) is 80.1 Å². The maximum Gasteiger partial charge on any atom is 0.363 e. The Hall–Kier alpha value is -12.7. The quantitative estimate of drug-likeness (QED) is 0.00849. The molecular formula is C69H86N23O15+. The first-order valence-electron chi connectivity index (χ1n) is 34.2. The first kappa shape index (κ1) is 78.4. The van der Waals surface area contributed by atoms with Crippen LogP contribution in [0.5, 0.6) is 11.8 Å². The summed E-state index contributed by atoms with van der Waals surface area (Å²) in [6.07, 6.45) is 4.93. The molecule has 38 nitrogen and oxygen atoms in total. The second-order valence-corrected chi connectivity index (χ2v) is 24.1. The number of amides is 3. The molecule has 0 spiro atoms. The summed E-state index contributed by atoms with van der Waals surface area (Å²) in [5.74, 6) is -6.57. The van der Waals surface area contributed by atoms with Crippen LogP contribution in [0.25, 0.3) is 55.4 Å². The van der Waals surface area contributed by atoms with Crippen LogP contribution in [0.4, 0.5) is 17.2 Å². The number of aliphatic hydroxyl groups excluding tert-OH is 6. The molecule has 0 fully saturated rings. The van der Waals surface area contributed by atoms with Gasteiger partial charge in [-0.1, -0.05) is 18.2 Å². The lowest BCUT2D eigenvalue weighted by atomic mass is 9.93. The number of aromatic hydroxyl groups is 2. The SMILES string of the molecule is CCN(CC)c1ccc2c(-c3ccccc3C(O)=NCCOCCOCC(O)=NCCN(CC(O)=NCCN(CC(O)=NCCN(CC(O)=NCC(=N)O)C(=O)Cn3cnc4c(O)nc(=N)[nH]c43)C(=O)Cn3cc(C)c(O)nc3=O)C(=O)Cn3cnc4c(N)ncnc43)c3ccc(N(CC)CC)cc3[o+]c2c1. The molecule has 0 atom stereocenters. The number of hydrogen-bond donors (Lipinski definition) is 12. The highest BCUT2D eigenvalue weighted by molar-refractivity contribution is 6.13. The number of aliphatic hydroxyl groups is 6. The van der Waals surface area contributed by atoms with E-state index in [4.69, 9.17) is 30.4 Å². The molecule has 0 saturated heterocycles. The highest BCUT2D eigenvalue weighted by Gasteiger charge is 2.27. The van der Waals surface area contributed by atoms with Crippen molar-refractivity contribution >= 4 is 115 Å². The summed E-state index contributed by atoms with van der Waals surface area (Å²) >= 11 is 0. The van der Waals surface area contributed by atoms with Crippen molar-refractivity contribution in [2.24, 2.45) is 25.0 Å². The molecule has 0 bridgehead atoms. The molecule has 3 amide bonds. The number of aromatic amines is 1. The third-order valence-electron chi connectivity index (χ3n) is 16.9. The number of anilines is 3. The van der Waals surface area contributed by atoms with E-state index in [1.807, 2.05) is 24.3 Å². The van der Waals surface area contributed by atoms with E-state index < -0.39 is 110 Å². The Morgan fingerprint density at radius 3 is 1.74 bits per heavy atom. The van der Waals surface area contributed by atoms with E-state index in [0.717, 1.165) is 73.8 Å². The summed E-state index contributed by atoms with van der Waals surface area (Å²) < 4.78 is 21.7. The van der Waals surface area contributed by atoms with Gasteiger partial charge < -0.3 is 94.7 Å². The number of carbonyl (C=O) groups excluding carboxylic acids is 3. The number of nitrogens with one attached hydrogen (secondary N) is 3. The van der Waals surface area contributed by atoms with Gasteiger partial charge in [-0.3, -0.25) is 44.7 Å². The van der Waals surface area contributed by atoms with Gasteiger partial charge in [0.15, 0.2) is 22.9 Å². The second kappa shape index (κ2) is 37.1. The number of H-pyrrole nitrogens is 1. The molecular weight excluding hydrogens is 1390 g/mol. The summed E-state index contributed by atoms with van der Waals surface area (Å²) in [6.45, 7) is 7.55. The molecule has 0 aliphatic carbocycles. The number of nitrogen functional groups attached to an aromatic ring is 1. The molecule has 9 aromatic rings. The maximum atomic E-state index is 14.1. The largest absolute Gasteiger partial charge is 0.495 e. The Morgan fingerprint density at radius 2 is 1.15 bits per heavy atom. The number of aliphatic imine (C=N–C) groups is 5. The van der Waals surface area contributed by atoms with E-state index in [-0.39, 0.29) is 118 Å². The maximum absolute atomic E-state index is 14.1. The standard InChI is InChI=1S/C69H85N23O15/c1-6-85(7-2)43-14-16-47-49(28-43)107-50-29-44(86(8-3)9-4)15-17-48(50)59(47)45-12-10-11-13-46(45)66(102)76-21-25-105-26-27-106-38-55(97)75-20-24-88(57(99)36-91-40-80-60-62(71)78-39-79-63(60)91)33-53(95)73-18-22-87(56(98)35-90-31-42(5)65(101)84-69(90)104)32-52(94)74-19-23-89(34-54(96)77-30-51(70)93)58(100)37-92-41-81-61-64(92)82-68(72)83-67(61)103/h10-17,28-29,31,39-41H,6-9,18-27,30,32-38H2,1-5H3,(H12-,70,71,72,73,74,75,76,77,78,79,82,83,84,93,94,95,96,97,101,102,103,104)/p+1. The fourth-order valence-corrected chi connectivity index (χ4v) is 11.5. The van der Waals surface area contributed by atoms with Gasteiger partial charge in [0.25, 0.3) is 0 Å². The zero-order chi connectivity index (χ0) is 76.8. The van der Waals surface area contributed by atoms with Crippen LogP contribution in [0.1, 0.15) is 38.8 Å². The molecule has 13 N–H and O–H groups in total. The summed E-state index contributed by atoms with van der Waals surface area (Å²) in [4.78, 5) is 109. The Bertz CT molecular complexity index is 4890. The van der Waals surface area contributed by atoms with Crippen molar-refractivity contribution in [2.45, 2.75) is 54.3 Å².